The minimum absolute atomic E-state index is 0.600. The van der Waals surface area contributed by atoms with Crippen molar-refractivity contribution in [1.82, 2.24) is 9.55 Å². The van der Waals surface area contributed by atoms with Gasteiger partial charge >= 0.3 is 0 Å². The predicted octanol–water partition coefficient (Wildman–Crippen LogP) is 2.62. The molecule has 1 aliphatic rings. The predicted molar refractivity (Wildman–Crippen MR) is 66.8 cm³/mol. The average molecular weight is 242 g/mol. The van der Waals surface area contributed by atoms with Gasteiger partial charge < -0.3 is 10.3 Å². The Balaban J connectivity index is 2.22. The SMILES string of the molecule is Cn1c(C2CCCCC2)nc(CCN)c1Cl. The van der Waals surface area contributed by atoms with Crippen molar-refractivity contribution in [3.8, 4) is 0 Å². The van der Waals surface area contributed by atoms with Crippen LogP contribution in [0, 0.1) is 0 Å². The van der Waals surface area contributed by atoms with E-state index in [4.69, 9.17) is 17.3 Å². The van der Waals surface area contributed by atoms with Gasteiger partial charge in [0, 0.05) is 19.4 Å². The third kappa shape index (κ3) is 2.25. The van der Waals surface area contributed by atoms with Crippen LogP contribution in [-0.4, -0.2) is 16.1 Å². The molecule has 16 heavy (non-hydrogen) atoms. The van der Waals surface area contributed by atoms with Crippen LogP contribution in [0.25, 0.3) is 0 Å². The smallest absolute Gasteiger partial charge is 0.131 e. The quantitative estimate of drug-likeness (QED) is 0.884. The third-order valence-electron chi connectivity index (χ3n) is 3.48. The van der Waals surface area contributed by atoms with Crippen LogP contribution in [0.3, 0.4) is 0 Å². The largest absolute Gasteiger partial charge is 0.330 e. The van der Waals surface area contributed by atoms with Crippen LogP contribution in [0.15, 0.2) is 0 Å². The summed E-state index contributed by atoms with van der Waals surface area (Å²) in [5.74, 6) is 1.76. The normalized spacial score (nSPS) is 17.9. The van der Waals surface area contributed by atoms with Crippen LogP contribution in [-0.2, 0) is 13.5 Å². The molecule has 0 bridgehead atoms. The Kier molecular flexibility index (Phi) is 3.87. The molecular weight excluding hydrogens is 222 g/mol. The van der Waals surface area contributed by atoms with Gasteiger partial charge in [0.25, 0.3) is 0 Å². The number of halogens is 1. The van der Waals surface area contributed by atoms with Gasteiger partial charge in [-0.25, -0.2) is 4.98 Å². The van der Waals surface area contributed by atoms with Crippen LogP contribution in [0.1, 0.15) is 49.5 Å². The minimum atomic E-state index is 0.600. The van der Waals surface area contributed by atoms with E-state index in [1.807, 2.05) is 11.6 Å². The van der Waals surface area contributed by atoms with Crippen molar-refractivity contribution in [2.45, 2.75) is 44.4 Å². The highest BCUT2D eigenvalue weighted by atomic mass is 35.5. The van der Waals surface area contributed by atoms with Crippen LogP contribution >= 0.6 is 11.6 Å². The van der Waals surface area contributed by atoms with Crippen LogP contribution in [0.5, 0.6) is 0 Å². The Bertz CT molecular complexity index is 353. The minimum Gasteiger partial charge on any atom is -0.330 e. The molecule has 0 radical (unpaired) electrons. The zero-order valence-corrected chi connectivity index (χ0v) is 10.6. The van der Waals surface area contributed by atoms with Crippen molar-refractivity contribution in [3.63, 3.8) is 0 Å². The Hall–Kier alpha value is -0.540. The molecule has 1 aliphatic carbocycles. The summed E-state index contributed by atoms with van der Waals surface area (Å²) >= 11 is 6.26. The first-order chi connectivity index (χ1) is 7.74. The Labute approximate surface area is 102 Å². The fraction of sp³-hybridized carbons (Fsp3) is 0.750. The van der Waals surface area contributed by atoms with Gasteiger partial charge in [-0.15, -0.1) is 0 Å². The first kappa shape index (κ1) is 11.9. The lowest BCUT2D eigenvalue weighted by Crippen LogP contribution is -2.10. The van der Waals surface area contributed by atoms with Gasteiger partial charge in [-0.1, -0.05) is 30.9 Å². The van der Waals surface area contributed by atoms with E-state index in [0.29, 0.717) is 12.5 Å². The molecule has 3 nitrogen and oxygen atoms in total. The number of imidazole rings is 1. The molecule has 0 aromatic carbocycles. The van der Waals surface area contributed by atoms with Crippen molar-refractivity contribution in [3.05, 3.63) is 16.7 Å². The molecule has 0 unspecified atom stereocenters. The highest BCUT2D eigenvalue weighted by Crippen LogP contribution is 2.33. The highest BCUT2D eigenvalue weighted by molar-refractivity contribution is 6.30. The molecule has 1 aromatic rings. The van der Waals surface area contributed by atoms with E-state index >= 15 is 0 Å². The van der Waals surface area contributed by atoms with Crippen LogP contribution in [0.2, 0.25) is 5.15 Å². The molecule has 90 valence electrons. The standard InChI is InChI=1S/C12H20ClN3/c1-16-11(13)10(7-8-14)15-12(16)9-5-3-2-4-6-9/h9H,2-8,14H2,1H3. The zero-order chi connectivity index (χ0) is 11.5. The topological polar surface area (TPSA) is 43.8 Å². The fourth-order valence-corrected chi connectivity index (χ4v) is 2.80. The summed E-state index contributed by atoms with van der Waals surface area (Å²) in [7, 11) is 2.01. The van der Waals surface area contributed by atoms with Gasteiger partial charge in [0.05, 0.1) is 5.69 Å². The molecule has 0 spiro atoms. The van der Waals surface area contributed by atoms with Crippen molar-refractivity contribution < 1.29 is 0 Å². The molecule has 2 N–H and O–H groups in total. The summed E-state index contributed by atoms with van der Waals surface area (Å²) in [6, 6.07) is 0. The van der Waals surface area contributed by atoms with Gasteiger partial charge in [0.2, 0.25) is 0 Å². The van der Waals surface area contributed by atoms with Crippen molar-refractivity contribution in [2.24, 2.45) is 12.8 Å². The van der Waals surface area contributed by atoms with E-state index in [1.165, 1.54) is 32.1 Å². The second kappa shape index (κ2) is 5.19. The molecular formula is C12H20ClN3. The second-order valence-electron chi connectivity index (χ2n) is 4.64. The molecule has 1 saturated carbocycles. The number of hydrogen-bond donors (Lipinski definition) is 1. The molecule has 1 aromatic heterocycles. The summed E-state index contributed by atoms with van der Waals surface area (Å²) in [5, 5.41) is 0.769. The number of rotatable bonds is 3. The molecule has 0 amide bonds. The first-order valence-corrected chi connectivity index (χ1v) is 6.53. The average Bonchev–Trinajstić information content (AvgIpc) is 2.59. The molecule has 0 atom stereocenters. The number of hydrogen-bond acceptors (Lipinski definition) is 2. The Morgan fingerprint density at radius 1 is 1.38 bits per heavy atom. The second-order valence-corrected chi connectivity index (χ2v) is 5.00. The third-order valence-corrected chi connectivity index (χ3v) is 3.95. The molecule has 0 saturated heterocycles. The summed E-state index contributed by atoms with van der Waals surface area (Å²) in [5.41, 5.74) is 6.52. The molecule has 4 heteroatoms. The van der Waals surface area contributed by atoms with Crippen molar-refractivity contribution in [2.75, 3.05) is 6.54 Å². The summed E-state index contributed by atoms with van der Waals surface area (Å²) in [6.07, 6.45) is 7.29. The van der Waals surface area contributed by atoms with Crippen molar-refractivity contribution in [1.29, 1.82) is 0 Å². The lowest BCUT2D eigenvalue weighted by atomic mass is 9.89. The lowest BCUT2D eigenvalue weighted by molar-refractivity contribution is 0.421. The molecule has 0 aliphatic heterocycles. The number of nitrogens with two attached hydrogens (primary N) is 1. The summed E-state index contributed by atoms with van der Waals surface area (Å²) in [4.78, 5) is 4.67. The van der Waals surface area contributed by atoms with Crippen molar-refractivity contribution >= 4 is 11.6 Å². The van der Waals surface area contributed by atoms with Gasteiger partial charge in [-0.3, -0.25) is 0 Å². The maximum Gasteiger partial charge on any atom is 0.131 e. The van der Waals surface area contributed by atoms with E-state index < -0.39 is 0 Å². The number of aromatic nitrogens is 2. The Morgan fingerprint density at radius 2 is 2.06 bits per heavy atom. The monoisotopic (exact) mass is 241 g/mol. The molecule has 1 fully saturated rings. The van der Waals surface area contributed by atoms with Gasteiger partial charge in [0.15, 0.2) is 0 Å². The highest BCUT2D eigenvalue weighted by Gasteiger charge is 2.22. The maximum absolute atomic E-state index is 6.26. The summed E-state index contributed by atoms with van der Waals surface area (Å²) in [6.45, 7) is 0.612. The fourth-order valence-electron chi connectivity index (χ4n) is 2.58. The number of nitrogens with zero attached hydrogens (tertiary/aromatic N) is 2. The van der Waals surface area contributed by atoms with E-state index in [-0.39, 0.29) is 0 Å². The van der Waals surface area contributed by atoms with Gasteiger partial charge in [-0.2, -0.15) is 0 Å². The summed E-state index contributed by atoms with van der Waals surface area (Å²) < 4.78 is 2.04. The van der Waals surface area contributed by atoms with Gasteiger partial charge in [-0.05, 0) is 19.4 Å². The zero-order valence-electron chi connectivity index (χ0n) is 9.88. The van der Waals surface area contributed by atoms with Crippen LogP contribution in [0.4, 0.5) is 0 Å². The van der Waals surface area contributed by atoms with Gasteiger partial charge in [0.1, 0.15) is 11.0 Å². The molecule has 1 heterocycles. The van der Waals surface area contributed by atoms with E-state index in [2.05, 4.69) is 4.98 Å². The van der Waals surface area contributed by atoms with E-state index in [0.717, 1.165) is 23.1 Å². The van der Waals surface area contributed by atoms with Crippen LogP contribution < -0.4 is 5.73 Å². The lowest BCUT2D eigenvalue weighted by Gasteiger charge is -2.20. The molecule has 2 rings (SSSR count). The Morgan fingerprint density at radius 3 is 2.69 bits per heavy atom. The first-order valence-electron chi connectivity index (χ1n) is 6.15. The van der Waals surface area contributed by atoms with E-state index in [9.17, 15) is 0 Å². The maximum atomic E-state index is 6.26. The van der Waals surface area contributed by atoms with E-state index in [1.54, 1.807) is 0 Å².